The largest absolute Gasteiger partial charge is 0.325 e. The van der Waals surface area contributed by atoms with Gasteiger partial charge in [0.05, 0.1) is 0 Å². The average Bonchev–Trinajstić information content (AvgIpc) is 2.94. The van der Waals surface area contributed by atoms with Crippen LogP contribution >= 0.6 is 11.6 Å². The van der Waals surface area contributed by atoms with E-state index in [1.807, 2.05) is 6.07 Å². The number of hydrogen-bond donors (Lipinski definition) is 1. The molecular weight excluding hydrogens is 206 g/mol. The smallest absolute Gasteiger partial charge is 0.0411 e. The summed E-state index contributed by atoms with van der Waals surface area (Å²) in [4.78, 5) is 0. The van der Waals surface area contributed by atoms with Crippen molar-refractivity contribution >= 4 is 11.6 Å². The summed E-state index contributed by atoms with van der Waals surface area (Å²) in [6.07, 6.45) is 5.57. The second-order valence-electron chi connectivity index (χ2n) is 4.68. The van der Waals surface area contributed by atoms with Crippen molar-refractivity contribution in [2.24, 2.45) is 5.73 Å². The van der Waals surface area contributed by atoms with Crippen LogP contribution in [0.1, 0.15) is 37.3 Å². The van der Waals surface area contributed by atoms with Crippen LogP contribution in [0.15, 0.2) is 18.2 Å². The van der Waals surface area contributed by atoms with E-state index in [1.54, 1.807) is 0 Å². The first-order valence-electron chi connectivity index (χ1n) is 5.68. The van der Waals surface area contributed by atoms with Gasteiger partial charge in [-0.05, 0) is 55.4 Å². The summed E-state index contributed by atoms with van der Waals surface area (Å²) in [6, 6.07) is 6.35. The molecule has 2 heteroatoms. The number of aryl methyl sites for hydroxylation is 2. The molecule has 1 fully saturated rings. The summed E-state index contributed by atoms with van der Waals surface area (Å²) in [5, 5.41) is 0.853. The predicted octanol–water partition coefficient (Wildman–Crippen LogP) is 3.33. The van der Waals surface area contributed by atoms with E-state index >= 15 is 0 Å². The fourth-order valence-corrected chi connectivity index (χ4v) is 2.15. The van der Waals surface area contributed by atoms with E-state index in [4.69, 9.17) is 17.3 Å². The second kappa shape index (κ2) is 4.15. The number of nitrogens with two attached hydrogens (primary N) is 1. The van der Waals surface area contributed by atoms with Gasteiger partial charge in [-0.25, -0.2) is 0 Å². The first-order valence-corrected chi connectivity index (χ1v) is 6.06. The van der Waals surface area contributed by atoms with E-state index in [2.05, 4.69) is 19.1 Å². The molecule has 0 spiro atoms. The van der Waals surface area contributed by atoms with Crippen molar-refractivity contribution in [2.75, 3.05) is 0 Å². The third kappa shape index (κ3) is 2.96. The van der Waals surface area contributed by atoms with Gasteiger partial charge in [-0.1, -0.05) is 24.6 Å². The Morgan fingerprint density at radius 2 is 1.93 bits per heavy atom. The summed E-state index contributed by atoms with van der Waals surface area (Å²) < 4.78 is 0. The van der Waals surface area contributed by atoms with Gasteiger partial charge in [0.15, 0.2) is 0 Å². The van der Waals surface area contributed by atoms with Crippen LogP contribution in [0, 0.1) is 0 Å². The minimum Gasteiger partial charge on any atom is -0.325 e. The van der Waals surface area contributed by atoms with E-state index in [0.29, 0.717) is 0 Å². The first kappa shape index (κ1) is 11.0. The number of rotatable bonds is 4. The lowest BCUT2D eigenvalue weighted by Crippen LogP contribution is -2.22. The van der Waals surface area contributed by atoms with Crippen molar-refractivity contribution in [3.8, 4) is 0 Å². The van der Waals surface area contributed by atoms with Crippen molar-refractivity contribution in [1.29, 1.82) is 0 Å². The molecule has 0 aliphatic heterocycles. The van der Waals surface area contributed by atoms with Crippen molar-refractivity contribution in [3.05, 3.63) is 34.3 Å². The highest BCUT2D eigenvalue weighted by Crippen LogP contribution is 2.36. The lowest BCUT2D eigenvalue weighted by atomic mass is 10.0. The molecule has 15 heavy (non-hydrogen) atoms. The Hall–Kier alpha value is -0.530. The van der Waals surface area contributed by atoms with Crippen molar-refractivity contribution < 1.29 is 0 Å². The molecule has 1 nitrogen and oxygen atoms in total. The summed E-state index contributed by atoms with van der Waals surface area (Å²) in [7, 11) is 0. The highest BCUT2D eigenvalue weighted by molar-refractivity contribution is 6.30. The molecule has 0 bridgehead atoms. The van der Waals surface area contributed by atoms with Crippen LogP contribution in [0.3, 0.4) is 0 Å². The van der Waals surface area contributed by atoms with Gasteiger partial charge < -0.3 is 5.73 Å². The Labute approximate surface area is 96.6 Å². The molecule has 1 saturated carbocycles. The standard InChI is InChI=1S/C13H18ClN/c1-2-10-7-11(9-12(14)8-10)3-4-13(15)5-6-13/h7-9H,2-6,15H2,1H3. The summed E-state index contributed by atoms with van der Waals surface area (Å²) >= 11 is 6.06. The van der Waals surface area contributed by atoms with Gasteiger partial charge >= 0.3 is 0 Å². The van der Waals surface area contributed by atoms with Gasteiger partial charge in [-0.3, -0.25) is 0 Å². The van der Waals surface area contributed by atoms with E-state index in [-0.39, 0.29) is 5.54 Å². The SMILES string of the molecule is CCc1cc(Cl)cc(CCC2(N)CC2)c1. The van der Waals surface area contributed by atoms with Gasteiger partial charge in [0.1, 0.15) is 0 Å². The van der Waals surface area contributed by atoms with Gasteiger partial charge in [0.2, 0.25) is 0 Å². The van der Waals surface area contributed by atoms with Gasteiger partial charge in [-0.2, -0.15) is 0 Å². The molecule has 82 valence electrons. The van der Waals surface area contributed by atoms with Gasteiger partial charge in [-0.15, -0.1) is 0 Å². The molecule has 0 amide bonds. The highest BCUT2D eigenvalue weighted by atomic mass is 35.5. The molecule has 0 radical (unpaired) electrons. The molecule has 0 atom stereocenters. The van der Waals surface area contributed by atoms with Crippen LogP contribution in [0.4, 0.5) is 0 Å². The molecular formula is C13H18ClN. The maximum absolute atomic E-state index is 6.07. The maximum Gasteiger partial charge on any atom is 0.0411 e. The fourth-order valence-electron chi connectivity index (χ4n) is 1.87. The maximum atomic E-state index is 6.07. The lowest BCUT2D eigenvalue weighted by molar-refractivity contribution is 0.609. The molecule has 1 aliphatic rings. The Morgan fingerprint density at radius 1 is 1.27 bits per heavy atom. The molecule has 1 aliphatic carbocycles. The summed E-state index contributed by atoms with van der Waals surface area (Å²) in [5.74, 6) is 0. The molecule has 1 aromatic rings. The molecule has 0 heterocycles. The zero-order chi connectivity index (χ0) is 10.9. The van der Waals surface area contributed by atoms with E-state index in [1.165, 1.54) is 24.0 Å². The average molecular weight is 224 g/mol. The minimum atomic E-state index is 0.148. The van der Waals surface area contributed by atoms with Gasteiger partial charge in [0.25, 0.3) is 0 Å². The minimum absolute atomic E-state index is 0.148. The van der Waals surface area contributed by atoms with Gasteiger partial charge in [0, 0.05) is 10.6 Å². The highest BCUT2D eigenvalue weighted by Gasteiger charge is 2.37. The Kier molecular flexibility index (Phi) is 3.03. The lowest BCUT2D eigenvalue weighted by Gasteiger charge is -2.09. The van der Waals surface area contributed by atoms with Crippen molar-refractivity contribution in [2.45, 2.75) is 44.6 Å². The monoisotopic (exact) mass is 223 g/mol. The predicted molar refractivity (Wildman–Crippen MR) is 65.3 cm³/mol. The van der Waals surface area contributed by atoms with Crippen molar-refractivity contribution in [3.63, 3.8) is 0 Å². The molecule has 2 rings (SSSR count). The molecule has 1 aromatic carbocycles. The van der Waals surface area contributed by atoms with Crippen LogP contribution in [0.2, 0.25) is 5.02 Å². The molecule has 2 N–H and O–H groups in total. The van der Waals surface area contributed by atoms with Crippen molar-refractivity contribution in [1.82, 2.24) is 0 Å². The zero-order valence-corrected chi connectivity index (χ0v) is 9.98. The Bertz CT molecular complexity index is 356. The number of benzene rings is 1. The second-order valence-corrected chi connectivity index (χ2v) is 5.12. The molecule has 0 saturated heterocycles. The van der Waals surface area contributed by atoms with Crippen LogP contribution < -0.4 is 5.73 Å². The number of halogens is 1. The van der Waals surface area contributed by atoms with E-state index < -0.39 is 0 Å². The fraction of sp³-hybridized carbons (Fsp3) is 0.538. The molecule has 0 aromatic heterocycles. The third-order valence-corrected chi connectivity index (χ3v) is 3.45. The van der Waals surface area contributed by atoms with Crippen LogP contribution in [-0.2, 0) is 12.8 Å². The molecule has 0 unspecified atom stereocenters. The third-order valence-electron chi connectivity index (χ3n) is 3.23. The summed E-state index contributed by atoms with van der Waals surface area (Å²) in [5.41, 5.74) is 8.87. The Balaban J connectivity index is 2.03. The zero-order valence-electron chi connectivity index (χ0n) is 9.22. The van der Waals surface area contributed by atoms with E-state index in [0.717, 1.165) is 24.3 Å². The normalized spacial score (nSPS) is 17.8. The van der Waals surface area contributed by atoms with Crippen LogP contribution in [0.25, 0.3) is 0 Å². The first-order chi connectivity index (χ1) is 7.11. The van der Waals surface area contributed by atoms with E-state index in [9.17, 15) is 0 Å². The quantitative estimate of drug-likeness (QED) is 0.833. The van der Waals surface area contributed by atoms with Crippen LogP contribution in [-0.4, -0.2) is 5.54 Å². The van der Waals surface area contributed by atoms with Crippen LogP contribution in [0.5, 0.6) is 0 Å². The number of hydrogen-bond acceptors (Lipinski definition) is 1. The topological polar surface area (TPSA) is 26.0 Å². The Morgan fingerprint density at radius 3 is 2.53 bits per heavy atom. The summed E-state index contributed by atoms with van der Waals surface area (Å²) in [6.45, 7) is 2.15.